The average molecular weight is 231 g/mol. The van der Waals surface area contributed by atoms with Crippen molar-refractivity contribution in [2.24, 2.45) is 0 Å². The molecule has 2 aromatic rings. The maximum Gasteiger partial charge on any atom is 0.0499 e. The van der Waals surface area contributed by atoms with Crippen LogP contribution in [-0.4, -0.2) is 0 Å². The Labute approximate surface area is 106 Å². The Morgan fingerprint density at radius 3 is 2.72 bits per heavy atom. The second-order valence-electron chi connectivity index (χ2n) is 4.75. The fourth-order valence-corrected chi connectivity index (χ4v) is 2.74. The van der Waals surface area contributed by atoms with Gasteiger partial charge in [0.1, 0.15) is 0 Å². The van der Waals surface area contributed by atoms with Crippen molar-refractivity contribution in [3.05, 3.63) is 70.1 Å². The molecule has 86 valence electrons. The van der Waals surface area contributed by atoms with Crippen molar-refractivity contribution in [2.45, 2.75) is 6.42 Å². The molecule has 0 saturated carbocycles. The van der Waals surface area contributed by atoms with Crippen LogP contribution in [0.2, 0.25) is 0 Å². The standard InChI is InChI=1S/C17H13N/c1-3-7-15-12(5-1)9-10-14-11-13-6-2-4-8-16(13)18-17(14)15/h1-9,11,18H,10H2. The maximum absolute atomic E-state index is 3.58. The van der Waals surface area contributed by atoms with Crippen molar-refractivity contribution >= 4 is 23.5 Å². The molecule has 0 unspecified atom stereocenters. The van der Waals surface area contributed by atoms with E-state index in [0.29, 0.717) is 0 Å². The van der Waals surface area contributed by atoms with Crippen LogP contribution in [-0.2, 0) is 0 Å². The average Bonchev–Trinajstić information content (AvgIpc) is 2.45. The number of nitrogens with one attached hydrogen (secondary N) is 1. The van der Waals surface area contributed by atoms with Gasteiger partial charge in [-0.2, -0.15) is 0 Å². The molecule has 4 rings (SSSR count). The lowest BCUT2D eigenvalue weighted by Crippen LogP contribution is -2.33. The normalized spacial score (nSPS) is 15.6. The Hall–Kier alpha value is -2.28. The summed E-state index contributed by atoms with van der Waals surface area (Å²) in [6, 6.07) is 17.0. The van der Waals surface area contributed by atoms with Crippen molar-refractivity contribution in [1.29, 1.82) is 0 Å². The smallest absolute Gasteiger partial charge is 0.0499 e. The van der Waals surface area contributed by atoms with Gasteiger partial charge in [-0.05, 0) is 34.9 Å². The predicted molar refractivity (Wildman–Crippen MR) is 76.2 cm³/mol. The predicted octanol–water partition coefficient (Wildman–Crippen LogP) is 2.49. The molecule has 1 heteroatoms. The SMILES string of the molecule is C1=C2CC=c3ccccc3=C2Nc2ccccc21. The molecule has 0 fully saturated rings. The molecule has 0 spiro atoms. The van der Waals surface area contributed by atoms with E-state index in [4.69, 9.17) is 0 Å². The van der Waals surface area contributed by atoms with Crippen molar-refractivity contribution in [2.75, 3.05) is 5.32 Å². The second-order valence-corrected chi connectivity index (χ2v) is 4.75. The number of anilines is 1. The van der Waals surface area contributed by atoms with E-state index in [2.05, 4.69) is 66.0 Å². The van der Waals surface area contributed by atoms with Crippen LogP contribution in [0.3, 0.4) is 0 Å². The summed E-state index contributed by atoms with van der Waals surface area (Å²) >= 11 is 0. The highest BCUT2D eigenvalue weighted by Crippen LogP contribution is 2.31. The van der Waals surface area contributed by atoms with Crippen molar-refractivity contribution < 1.29 is 0 Å². The monoisotopic (exact) mass is 231 g/mol. The quantitative estimate of drug-likeness (QED) is 0.734. The van der Waals surface area contributed by atoms with Gasteiger partial charge in [-0.25, -0.2) is 0 Å². The first-order valence-electron chi connectivity index (χ1n) is 6.28. The highest BCUT2D eigenvalue weighted by atomic mass is 14.9. The molecular weight excluding hydrogens is 218 g/mol. The van der Waals surface area contributed by atoms with E-state index in [0.717, 1.165) is 6.42 Å². The minimum absolute atomic E-state index is 1.01. The summed E-state index contributed by atoms with van der Waals surface area (Å²) in [5.41, 5.74) is 5.14. The first kappa shape index (κ1) is 9.72. The van der Waals surface area contributed by atoms with Gasteiger partial charge in [0.2, 0.25) is 0 Å². The second kappa shape index (κ2) is 3.61. The number of fused-ring (bicyclic) bond motifs is 3. The lowest BCUT2D eigenvalue weighted by Gasteiger charge is -2.23. The van der Waals surface area contributed by atoms with E-state index >= 15 is 0 Å². The number of benzene rings is 2. The van der Waals surface area contributed by atoms with Crippen LogP contribution in [0.15, 0.2) is 54.1 Å². The number of para-hydroxylation sites is 1. The highest BCUT2D eigenvalue weighted by Gasteiger charge is 2.16. The van der Waals surface area contributed by atoms with Crippen LogP contribution in [0.1, 0.15) is 12.0 Å². The zero-order valence-corrected chi connectivity index (χ0v) is 9.98. The molecule has 0 amide bonds. The Morgan fingerprint density at radius 1 is 0.889 bits per heavy atom. The third-order valence-corrected chi connectivity index (χ3v) is 3.64. The summed E-state index contributed by atoms with van der Waals surface area (Å²) in [5.74, 6) is 0. The van der Waals surface area contributed by atoms with Gasteiger partial charge in [0, 0.05) is 16.6 Å². The van der Waals surface area contributed by atoms with Gasteiger partial charge in [-0.3, -0.25) is 0 Å². The molecule has 1 heterocycles. The first-order chi connectivity index (χ1) is 8.92. The van der Waals surface area contributed by atoms with Gasteiger partial charge in [0.05, 0.1) is 0 Å². The molecule has 0 bridgehead atoms. The summed E-state index contributed by atoms with van der Waals surface area (Å²) in [4.78, 5) is 0. The van der Waals surface area contributed by atoms with E-state index in [1.54, 1.807) is 0 Å². The molecule has 0 atom stereocenters. The van der Waals surface area contributed by atoms with Gasteiger partial charge < -0.3 is 5.32 Å². The van der Waals surface area contributed by atoms with Crippen LogP contribution >= 0.6 is 0 Å². The van der Waals surface area contributed by atoms with Gasteiger partial charge in [0.25, 0.3) is 0 Å². The van der Waals surface area contributed by atoms with E-state index in [9.17, 15) is 0 Å². The first-order valence-corrected chi connectivity index (χ1v) is 6.28. The van der Waals surface area contributed by atoms with E-state index in [1.165, 1.54) is 33.0 Å². The van der Waals surface area contributed by atoms with Crippen LogP contribution in [0.5, 0.6) is 0 Å². The Morgan fingerprint density at radius 2 is 1.72 bits per heavy atom. The zero-order valence-electron chi connectivity index (χ0n) is 9.98. The molecule has 18 heavy (non-hydrogen) atoms. The Kier molecular flexibility index (Phi) is 1.95. The summed E-state index contributed by atoms with van der Waals surface area (Å²) < 4.78 is 0. The van der Waals surface area contributed by atoms with Crippen LogP contribution < -0.4 is 15.8 Å². The lowest BCUT2D eigenvalue weighted by molar-refractivity contribution is 1.27. The molecule has 1 aliphatic heterocycles. The van der Waals surface area contributed by atoms with Gasteiger partial charge >= 0.3 is 0 Å². The molecule has 1 aliphatic carbocycles. The summed E-state index contributed by atoms with van der Waals surface area (Å²) in [6.07, 6.45) is 5.61. The summed E-state index contributed by atoms with van der Waals surface area (Å²) in [6.45, 7) is 0. The zero-order chi connectivity index (χ0) is 11.9. The van der Waals surface area contributed by atoms with Gasteiger partial charge in [0.15, 0.2) is 0 Å². The molecule has 1 N–H and O–H groups in total. The van der Waals surface area contributed by atoms with Crippen LogP contribution in [0.4, 0.5) is 5.69 Å². The number of hydrogen-bond donors (Lipinski definition) is 1. The molecule has 0 saturated heterocycles. The molecule has 0 aromatic heterocycles. The van der Waals surface area contributed by atoms with Crippen molar-refractivity contribution in [3.8, 4) is 0 Å². The van der Waals surface area contributed by atoms with Gasteiger partial charge in [-0.15, -0.1) is 0 Å². The molecule has 0 radical (unpaired) electrons. The summed E-state index contributed by atoms with van der Waals surface area (Å²) in [7, 11) is 0. The van der Waals surface area contributed by atoms with Crippen LogP contribution in [0, 0.1) is 0 Å². The minimum Gasteiger partial charge on any atom is -0.354 e. The van der Waals surface area contributed by atoms with E-state index in [1.807, 2.05) is 0 Å². The molecular formula is C17H13N. The third kappa shape index (κ3) is 1.34. The fraction of sp³-hybridized carbons (Fsp3) is 0.0588. The van der Waals surface area contributed by atoms with Crippen molar-refractivity contribution in [1.82, 2.24) is 0 Å². The number of rotatable bonds is 0. The Bertz CT molecular complexity index is 781. The minimum atomic E-state index is 1.01. The van der Waals surface area contributed by atoms with Crippen LogP contribution in [0.25, 0.3) is 17.8 Å². The third-order valence-electron chi connectivity index (χ3n) is 3.64. The molecule has 2 aliphatic rings. The highest BCUT2D eigenvalue weighted by molar-refractivity contribution is 5.91. The molecule has 1 nitrogen and oxygen atoms in total. The Balaban J connectivity index is 2.05. The lowest BCUT2D eigenvalue weighted by atomic mass is 9.93. The fourth-order valence-electron chi connectivity index (χ4n) is 2.74. The topological polar surface area (TPSA) is 12.0 Å². The molecule has 2 aromatic carbocycles. The van der Waals surface area contributed by atoms with E-state index < -0.39 is 0 Å². The maximum atomic E-state index is 3.58. The largest absolute Gasteiger partial charge is 0.354 e. The van der Waals surface area contributed by atoms with Crippen molar-refractivity contribution in [3.63, 3.8) is 0 Å². The number of hydrogen-bond acceptors (Lipinski definition) is 1. The van der Waals surface area contributed by atoms with E-state index in [-0.39, 0.29) is 0 Å². The summed E-state index contributed by atoms with van der Waals surface area (Å²) in [5, 5.41) is 6.22. The van der Waals surface area contributed by atoms with Gasteiger partial charge in [-0.1, -0.05) is 48.5 Å².